The van der Waals surface area contributed by atoms with Gasteiger partial charge in [-0.05, 0) is 56.0 Å². The summed E-state index contributed by atoms with van der Waals surface area (Å²) in [6.07, 6.45) is 5.09. The van der Waals surface area contributed by atoms with Crippen molar-refractivity contribution in [3.05, 3.63) is 52.3 Å². The quantitative estimate of drug-likeness (QED) is 0.878. The molecule has 23 heavy (non-hydrogen) atoms. The van der Waals surface area contributed by atoms with Gasteiger partial charge in [-0.1, -0.05) is 11.6 Å². The first kappa shape index (κ1) is 14.8. The monoisotopic (exact) mass is 329 g/mol. The normalized spacial score (nSPS) is 17.3. The topological polar surface area (TPSA) is 46.9 Å². The molecule has 120 valence electrons. The number of nitrogens with zero attached hydrogens (tertiary/aromatic N) is 2. The van der Waals surface area contributed by atoms with E-state index in [1.165, 1.54) is 37.1 Å². The molecular weight excluding hydrogens is 310 g/mol. The molecule has 1 amide bonds. The number of halogens is 1. The van der Waals surface area contributed by atoms with E-state index in [0.717, 1.165) is 6.54 Å². The van der Waals surface area contributed by atoms with E-state index < -0.39 is 0 Å². The summed E-state index contributed by atoms with van der Waals surface area (Å²) in [5, 5.41) is 8.37. The summed E-state index contributed by atoms with van der Waals surface area (Å²) < 4.78 is 2.10. The maximum atomic E-state index is 12.1. The predicted molar refractivity (Wildman–Crippen MR) is 90.0 cm³/mol. The SMILES string of the molecule is O=C(NCCn1nc(C2CC2)cc1C1CC1)c1ccc(Cl)cc1. The minimum absolute atomic E-state index is 0.0655. The average molecular weight is 330 g/mol. The molecule has 1 aromatic carbocycles. The minimum Gasteiger partial charge on any atom is -0.350 e. The molecule has 0 aliphatic heterocycles. The highest BCUT2D eigenvalue weighted by Gasteiger charge is 2.32. The molecular formula is C18H20ClN3O. The summed E-state index contributed by atoms with van der Waals surface area (Å²) in [4.78, 5) is 12.1. The van der Waals surface area contributed by atoms with Crippen molar-refractivity contribution in [2.75, 3.05) is 6.54 Å². The van der Waals surface area contributed by atoms with Crippen molar-refractivity contribution in [2.45, 2.75) is 44.1 Å². The Morgan fingerprint density at radius 3 is 2.52 bits per heavy atom. The second kappa shape index (κ2) is 6.00. The van der Waals surface area contributed by atoms with E-state index in [1.807, 2.05) is 0 Å². The third-order valence-electron chi connectivity index (χ3n) is 4.54. The molecule has 1 N–H and O–H groups in total. The van der Waals surface area contributed by atoms with Crippen LogP contribution in [0.3, 0.4) is 0 Å². The number of benzene rings is 1. The number of rotatable bonds is 6. The Morgan fingerprint density at radius 2 is 1.87 bits per heavy atom. The third kappa shape index (κ3) is 3.42. The lowest BCUT2D eigenvalue weighted by Gasteiger charge is -2.08. The van der Waals surface area contributed by atoms with E-state index in [4.69, 9.17) is 16.7 Å². The summed E-state index contributed by atoms with van der Waals surface area (Å²) in [5.74, 6) is 1.29. The number of carbonyl (C=O) groups is 1. The van der Waals surface area contributed by atoms with E-state index in [0.29, 0.717) is 29.0 Å². The summed E-state index contributed by atoms with van der Waals surface area (Å²) in [6.45, 7) is 1.32. The van der Waals surface area contributed by atoms with E-state index in [1.54, 1.807) is 24.3 Å². The summed E-state index contributed by atoms with van der Waals surface area (Å²) in [6, 6.07) is 9.24. The Bertz CT molecular complexity index is 714. The molecule has 2 fully saturated rings. The zero-order valence-corrected chi connectivity index (χ0v) is 13.7. The molecule has 0 saturated heterocycles. The van der Waals surface area contributed by atoms with Gasteiger partial charge in [0.1, 0.15) is 0 Å². The molecule has 2 aliphatic carbocycles. The zero-order chi connectivity index (χ0) is 15.8. The first-order valence-corrected chi connectivity index (χ1v) is 8.70. The minimum atomic E-state index is -0.0655. The Hall–Kier alpha value is -1.81. The smallest absolute Gasteiger partial charge is 0.251 e. The van der Waals surface area contributed by atoms with E-state index >= 15 is 0 Å². The van der Waals surface area contributed by atoms with Gasteiger partial charge >= 0.3 is 0 Å². The van der Waals surface area contributed by atoms with Gasteiger partial charge in [0.05, 0.1) is 12.2 Å². The van der Waals surface area contributed by atoms with Crippen molar-refractivity contribution >= 4 is 17.5 Å². The highest BCUT2D eigenvalue weighted by molar-refractivity contribution is 6.30. The van der Waals surface area contributed by atoms with Crippen LogP contribution in [0.4, 0.5) is 0 Å². The summed E-state index contributed by atoms with van der Waals surface area (Å²) in [7, 11) is 0. The lowest BCUT2D eigenvalue weighted by atomic mass is 10.2. The van der Waals surface area contributed by atoms with Gasteiger partial charge in [-0.15, -0.1) is 0 Å². The van der Waals surface area contributed by atoms with Crippen LogP contribution < -0.4 is 5.32 Å². The molecule has 2 aliphatic rings. The highest BCUT2D eigenvalue weighted by Crippen LogP contribution is 2.44. The average Bonchev–Trinajstić information content (AvgIpc) is 3.47. The van der Waals surface area contributed by atoms with Crippen LogP contribution in [0.5, 0.6) is 0 Å². The molecule has 2 saturated carbocycles. The Balaban J connectivity index is 1.37. The molecule has 2 aromatic rings. The summed E-state index contributed by atoms with van der Waals surface area (Å²) in [5.41, 5.74) is 3.24. The van der Waals surface area contributed by atoms with E-state index in [2.05, 4.69) is 16.1 Å². The molecule has 0 radical (unpaired) electrons. The van der Waals surface area contributed by atoms with Crippen molar-refractivity contribution in [1.82, 2.24) is 15.1 Å². The third-order valence-corrected chi connectivity index (χ3v) is 4.79. The van der Waals surface area contributed by atoms with Crippen molar-refractivity contribution in [3.63, 3.8) is 0 Å². The van der Waals surface area contributed by atoms with E-state index in [9.17, 15) is 4.79 Å². The van der Waals surface area contributed by atoms with Gasteiger partial charge in [0.2, 0.25) is 0 Å². The molecule has 0 spiro atoms. The van der Waals surface area contributed by atoms with Crippen LogP contribution in [0.25, 0.3) is 0 Å². The number of carbonyl (C=O) groups excluding carboxylic acids is 1. The van der Waals surface area contributed by atoms with Crippen LogP contribution in [0.1, 0.15) is 59.3 Å². The van der Waals surface area contributed by atoms with Crippen LogP contribution in [-0.4, -0.2) is 22.2 Å². The standard InChI is InChI=1S/C18H20ClN3O/c19-15-7-5-14(6-8-15)18(23)20-9-10-22-17(13-3-4-13)11-16(21-22)12-1-2-12/h5-8,11-13H,1-4,9-10H2,(H,20,23). The highest BCUT2D eigenvalue weighted by atomic mass is 35.5. The largest absolute Gasteiger partial charge is 0.350 e. The first-order chi connectivity index (χ1) is 11.2. The van der Waals surface area contributed by atoms with E-state index in [-0.39, 0.29) is 5.91 Å². The lowest BCUT2D eigenvalue weighted by Crippen LogP contribution is -2.27. The Labute approximate surface area is 140 Å². The number of hydrogen-bond acceptors (Lipinski definition) is 2. The second-order valence-corrected chi connectivity index (χ2v) is 6.96. The number of amides is 1. The van der Waals surface area contributed by atoms with Gasteiger partial charge in [-0.3, -0.25) is 9.48 Å². The van der Waals surface area contributed by atoms with Crippen molar-refractivity contribution < 1.29 is 4.79 Å². The summed E-state index contributed by atoms with van der Waals surface area (Å²) >= 11 is 5.84. The number of nitrogens with one attached hydrogen (secondary N) is 1. The van der Waals surface area contributed by atoms with Crippen LogP contribution in [0.15, 0.2) is 30.3 Å². The molecule has 0 bridgehead atoms. The molecule has 5 heteroatoms. The molecule has 1 aromatic heterocycles. The molecule has 1 heterocycles. The predicted octanol–water partition coefficient (Wildman–Crippen LogP) is 3.72. The molecule has 4 nitrogen and oxygen atoms in total. The maximum absolute atomic E-state index is 12.1. The fourth-order valence-electron chi connectivity index (χ4n) is 2.90. The van der Waals surface area contributed by atoms with Gasteiger partial charge in [-0.25, -0.2) is 0 Å². The van der Waals surface area contributed by atoms with Gasteiger partial charge in [0, 0.05) is 34.7 Å². The van der Waals surface area contributed by atoms with Crippen molar-refractivity contribution in [1.29, 1.82) is 0 Å². The maximum Gasteiger partial charge on any atom is 0.251 e. The number of hydrogen-bond donors (Lipinski definition) is 1. The van der Waals surface area contributed by atoms with Gasteiger partial charge in [0.15, 0.2) is 0 Å². The van der Waals surface area contributed by atoms with Crippen LogP contribution in [0.2, 0.25) is 5.02 Å². The first-order valence-electron chi connectivity index (χ1n) is 8.32. The lowest BCUT2D eigenvalue weighted by molar-refractivity contribution is 0.0952. The van der Waals surface area contributed by atoms with Crippen molar-refractivity contribution in [2.24, 2.45) is 0 Å². The van der Waals surface area contributed by atoms with Crippen LogP contribution in [0, 0.1) is 0 Å². The molecule has 0 unspecified atom stereocenters. The van der Waals surface area contributed by atoms with Crippen LogP contribution in [-0.2, 0) is 6.54 Å². The zero-order valence-electron chi connectivity index (χ0n) is 13.0. The van der Waals surface area contributed by atoms with Gasteiger partial charge < -0.3 is 5.32 Å². The second-order valence-electron chi connectivity index (χ2n) is 6.53. The Kier molecular flexibility index (Phi) is 3.85. The van der Waals surface area contributed by atoms with Gasteiger partial charge in [-0.2, -0.15) is 5.10 Å². The fraction of sp³-hybridized carbons (Fsp3) is 0.444. The Morgan fingerprint density at radius 1 is 1.17 bits per heavy atom. The van der Waals surface area contributed by atoms with Crippen LogP contribution >= 0.6 is 11.6 Å². The van der Waals surface area contributed by atoms with Gasteiger partial charge in [0.25, 0.3) is 5.91 Å². The molecule has 0 atom stereocenters. The van der Waals surface area contributed by atoms with Crippen molar-refractivity contribution in [3.8, 4) is 0 Å². The number of aromatic nitrogens is 2. The molecule has 4 rings (SSSR count). The fourth-order valence-corrected chi connectivity index (χ4v) is 3.02.